The van der Waals surface area contributed by atoms with Gasteiger partial charge in [-0.2, -0.15) is 4.31 Å². The Morgan fingerprint density at radius 2 is 1.71 bits per heavy atom. The van der Waals surface area contributed by atoms with Crippen molar-refractivity contribution in [3.05, 3.63) is 53.6 Å². The van der Waals surface area contributed by atoms with E-state index in [0.717, 1.165) is 24.1 Å². The molecule has 2 aromatic rings. The molecule has 0 bridgehead atoms. The molecule has 9 heteroatoms. The summed E-state index contributed by atoms with van der Waals surface area (Å²) >= 11 is 0. The molecule has 2 aliphatic rings. The minimum atomic E-state index is -3.78. The summed E-state index contributed by atoms with van der Waals surface area (Å²) in [6, 6.07) is 11.6. The summed E-state index contributed by atoms with van der Waals surface area (Å²) in [4.78, 5) is 38.1. The largest absolute Gasteiger partial charge is 0.326 e. The van der Waals surface area contributed by atoms with Crippen molar-refractivity contribution >= 4 is 39.0 Å². The molecule has 2 amide bonds. The normalized spacial score (nSPS) is 18.8. The summed E-state index contributed by atoms with van der Waals surface area (Å²) < 4.78 is 28.2. The fraction of sp³-hybridized carbons (Fsp3) is 0.400. The van der Waals surface area contributed by atoms with Gasteiger partial charge in [0.1, 0.15) is 0 Å². The van der Waals surface area contributed by atoms with Gasteiger partial charge in [-0.3, -0.25) is 14.4 Å². The van der Waals surface area contributed by atoms with E-state index in [1.165, 1.54) is 18.2 Å². The first-order valence-electron chi connectivity index (χ1n) is 11.5. The van der Waals surface area contributed by atoms with Crippen molar-refractivity contribution in [2.75, 3.05) is 29.9 Å². The summed E-state index contributed by atoms with van der Waals surface area (Å²) in [7, 11) is -3.78. The van der Waals surface area contributed by atoms with Crippen LogP contribution in [0.25, 0.3) is 0 Å². The molecule has 0 saturated carbocycles. The number of aryl methyl sites for hydroxylation is 1. The lowest BCUT2D eigenvalue weighted by molar-refractivity contribution is -0.121. The Morgan fingerprint density at radius 1 is 0.971 bits per heavy atom. The second kappa shape index (κ2) is 9.68. The smallest absolute Gasteiger partial charge is 0.243 e. The molecule has 1 saturated heterocycles. The van der Waals surface area contributed by atoms with Gasteiger partial charge < -0.3 is 10.2 Å². The van der Waals surface area contributed by atoms with Crippen molar-refractivity contribution in [2.45, 2.75) is 44.4 Å². The van der Waals surface area contributed by atoms with Crippen LogP contribution in [0.15, 0.2) is 47.4 Å². The topological polar surface area (TPSA) is 104 Å². The predicted molar refractivity (Wildman–Crippen MR) is 129 cm³/mol. The lowest BCUT2D eigenvalue weighted by Crippen LogP contribution is -2.43. The van der Waals surface area contributed by atoms with Gasteiger partial charge in [0.2, 0.25) is 21.8 Å². The third-order valence-electron chi connectivity index (χ3n) is 6.50. The number of sulfonamides is 1. The van der Waals surface area contributed by atoms with E-state index in [9.17, 15) is 22.8 Å². The first kappa shape index (κ1) is 24.1. The van der Waals surface area contributed by atoms with Crippen LogP contribution < -0.4 is 10.2 Å². The minimum Gasteiger partial charge on any atom is -0.326 e. The number of hydrogen-bond donors (Lipinski definition) is 1. The monoisotopic (exact) mass is 483 g/mol. The molecule has 34 heavy (non-hydrogen) atoms. The van der Waals surface area contributed by atoms with Crippen LogP contribution in [0, 0.1) is 5.92 Å². The zero-order valence-corrected chi connectivity index (χ0v) is 20.2. The number of hydrogen-bond acceptors (Lipinski definition) is 5. The maximum Gasteiger partial charge on any atom is 0.243 e. The number of nitrogens with zero attached hydrogens (tertiary/aromatic N) is 2. The number of benzene rings is 2. The molecule has 0 aromatic heterocycles. The molecule has 0 spiro atoms. The number of piperidine rings is 1. The summed E-state index contributed by atoms with van der Waals surface area (Å²) in [5, 5.41) is 2.84. The summed E-state index contributed by atoms with van der Waals surface area (Å²) in [5.74, 6) is -0.820. The van der Waals surface area contributed by atoms with Crippen molar-refractivity contribution in [3.63, 3.8) is 0 Å². The Balaban J connectivity index is 1.48. The van der Waals surface area contributed by atoms with Crippen molar-refractivity contribution < 1.29 is 22.8 Å². The van der Waals surface area contributed by atoms with Gasteiger partial charge in [0.25, 0.3) is 0 Å². The van der Waals surface area contributed by atoms with Crippen molar-refractivity contribution in [1.29, 1.82) is 0 Å². The van der Waals surface area contributed by atoms with Crippen molar-refractivity contribution in [2.24, 2.45) is 5.92 Å². The van der Waals surface area contributed by atoms with Crippen LogP contribution in [-0.4, -0.2) is 50.0 Å². The number of nitrogens with one attached hydrogen (secondary N) is 1. The maximum absolute atomic E-state index is 13.4. The van der Waals surface area contributed by atoms with Gasteiger partial charge in [0.15, 0.2) is 5.78 Å². The van der Waals surface area contributed by atoms with E-state index in [1.54, 1.807) is 47.4 Å². The van der Waals surface area contributed by atoms with Gasteiger partial charge in [0, 0.05) is 43.5 Å². The van der Waals surface area contributed by atoms with E-state index in [2.05, 4.69) is 5.32 Å². The molecule has 8 nitrogen and oxygen atoms in total. The average Bonchev–Trinajstić information content (AvgIpc) is 2.83. The van der Waals surface area contributed by atoms with E-state index >= 15 is 0 Å². The highest BCUT2D eigenvalue weighted by Gasteiger charge is 2.34. The number of carbonyl (C=O) groups excluding carboxylic acids is 3. The Hall–Kier alpha value is -3.04. The van der Waals surface area contributed by atoms with Gasteiger partial charge in [-0.25, -0.2) is 8.42 Å². The lowest BCUT2D eigenvalue weighted by Gasteiger charge is -2.32. The highest BCUT2D eigenvalue weighted by Crippen LogP contribution is 2.32. The molecule has 0 unspecified atom stereocenters. The van der Waals surface area contributed by atoms with Gasteiger partial charge in [-0.15, -0.1) is 0 Å². The molecule has 2 aliphatic heterocycles. The second-order valence-corrected chi connectivity index (χ2v) is 10.8. The second-order valence-electron chi connectivity index (χ2n) is 8.89. The summed E-state index contributed by atoms with van der Waals surface area (Å²) in [5.41, 5.74) is 2.75. The zero-order valence-electron chi connectivity index (χ0n) is 19.4. The molecule has 4 rings (SSSR count). The Bertz CT molecular complexity index is 1220. The number of carbonyl (C=O) groups is 3. The highest BCUT2D eigenvalue weighted by molar-refractivity contribution is 7.89. The lowest BCUT2D eigenvalue weighted by atomic mass is 9.98. The highest BCUT2D eigenvalue weighted by atomic mass is 32.2. The number of amides is 2. The number of fused-ring (bicyclic) bond motifs is 1. The molecule has 2 aromatic carbocycles. The van der Waals surface area contributed by atoms with Crippen LogP contribution in [-0.2, 0) is 26.0 Å². The van der Waals surface area contributed by atoms with Crippen LogP contribution in [0.1, 0.15) is 49.0 Å². The number of ketones is 1. The summed E-state index contributed by atoms with van der Waals surface area (Å²) in [6.45, 7) is 4.09. The SMILES string of the molecule is CC(=O)c1ccc(NC(=O)[C@H]2CCCN(S(=O)(=O)c3ccc4c(c3)CCCN4C(C)=O)C2)cc1. The molecule has 0 aliphatic carbocycles. The number of anilines is 2. The predicted octanol–water partition coefficient (Wildman–Crippen LogP) is 3.23. The van der Waals surface area contributed by atoms with Crippen molar-refractivity contribution in [3.8, 4) is 0 Å². The Morgan fingerprint density at radius 3 is 2.38 bits per heavy atom. The standard InChI is InChI=1S/C25H29N3O5S/c1-17(29)19-7-9-22(10-8-19)26-25(31)21-6-3-13-27(16-21)34(32,33)23-11-12-24-20(15-23)5-4-14-28(24)18(2)30/h7-12,15,21H,3-6,13-14,16H2,1-2H3,(H,26,31)/t21-/m0/s1. The first-order valence-corrected chi connectivity index (χ1v) is 12.9. The zero-order chi connectivity index (χ0) is 24.5. The van der Waals surface area contributed by atoms with E-state index < -0.39 is 15.9 Å². The Kier molecular flexibility index (Phi) is 6.86. The van der Waals surface area contributed by atoms with E-state index in [-0.39, 0.29) is 29.0 Å². The van der Waals surface area contributed by atoms with Gasteiger partial charge in [-0.1, -0.05) is 0 Å². The molecular formula is C25H29N3O5S. The van der Waals surface area contributed by atoms with Gasteiger partial charge in [-0.05, 0) is 80.6 Å². The van der Waals surface area contributed by atoms with E-state index in [1.807, 2.05) is 0 Å². The molecular weight excluding hydrogens is 454 g/mol. The molecule has 180 valence electrons. The maximum atomic E-state index is 13.4. The molecule has 0 radical (unpaired) electrons. The fourth-order valence-corrected chi connectivity index (χ4v) is 6.19. The number of Topliss-reactive ketones (excluding diaryl/α,β-unsaturated/α-hetero) is 1. The van der Waals surface area contributed by atoms with Crippen molar-refractivity contribution in [1.82, 2.24) is 4.31 Å². The average molecular weight is 484 g/mol. The fourth-order valence-electron chi connectivity index (χ4n) is 4.62. The van der Waals surface area contributed by atoms with Crippen LogP contribution in [0.2, 0.25) is 0 Å². The summed E-state index contributed by atoms with van der Waals surface area (Å²) in [6.07, 6.45) is 2.69. The molecule has 1 N–H and O–H groups in total. The van der Waals surface area contributed by atoms with Gasteiger partial charge in [0.05, 0.1) is 10.8 Å². The quantitative estimate of drug-likeness (QED) is 0.658. The molecule has 1 fully saturated rings. The molecule has 1 atom stereocenters. The van der Waals surface area contributed by atoms with E-state index in [4.69, 9.17) is 0 Å². The molecule has 2 heterocycles. The van der Waals surface area contributed by atoms with Crippen LogP contribution in [0.3, 0.4) is 0 Å². The first-order chi connectivity index (χ1) is 16.2. The Labute approximate surface area is 200 Å². The van der Waals surface area contributed by atoms with E-state index in [0.29, 0.717) is 37.2 Å². The third kappa shape index (κ3) is 4.90. The minimum absolute atomic E-state index is 0.0535. The van der Waals surface area contributed by atoms with Crippen LogP contribution >= 0.6 is 0 Å². The van der Waals surface area contributed by atoms with Crippen LogP contribution in [0.4, 0.5) is 11.4 Å². The third-order valence-corrected chi connectivity index (χ3v) is 8.36. The van der Waals surface area contributed by atoms with Gasteiger partial charge >= 0.3 is 0 Å². The van der Waals surface area contributed by atoms with Crippen LogP contribution in [0.5, 0.6) is 0 Å². The number of rotatable bonds is 5.